The molecule has 3 heterocycles. The summed E-state index contributed by atoms with van der Waals surface area (Å²) in [5, 5.41) is 5.02. The Bertz CT molecular complexity index is 885. The van der Waals surface area contributed by atoms with Crippen molar-refractivity contribution in [2.24, 2.45) is 11.7 Å². The molecule has 3 N–H and O–H groups in total. The summed E-state index contributed by atoms with van der Waals surface area (Å²) < 4.78 is 0. The van der Waals surface area contributed by atoms with Crippen molar-refractivity contribution in [3.8, 4) is 0 Å². The first kappa shape index (κ1) is 23.9. The summed E-state index contributed by atoms with van der Waals surface area (Å²) in [6.07, 6.45) is 10.4. The molecule has 0 spiro atoms. The standard InChI is InChI=1S/C25H35N5O2S/c26-10-12-28-24(31)23-14-21(17-30(23)25(32)20-8-4-11-27-15-20)29(18-22-9-5-13-33-22)16-19-6-2-1-3-7-19/h4-5,8-9,11,13,15,19,21,23H,1-3,6-7,10,12,14,16-18,26H2,(H,28,31). The number of carbonyl (C=O) groups is 2. The normalized spacial score (nSPS) is 21.5. The van der Waals surface area contributed by atoms with Crippen LogP contribution in [0, 0.1) is 5.92 Å². The number of nitrogens with two attached hydrogens (primary N) is 1. The van der Waals surface area contributed by atoms with E-state index in [1.807, 2.05) is 0 Å². The van der Waals surface area contributed by atoms with Crippen LogP contribution in [0.5, 0.6) is 0 Å². The van der Waals surface area contributed by atoms with Crippen LogP contribution < -0.4 is 11.1 Å². The van der Waals surface area contributed by atoms with Crippen LogP contribution in [0.4, 0.5) is 0 Å². The number of aromatic nitrogens is 1. The molecular weight excluding hydrogens is 434 g/mol. The molecule has 2 atom stereocenters. The Hall–Kier alpha value is -2.29. The zero-order chi connectivity index (χ0) is 23.0. The Morgan fingerprint density at radius 2 is 2.06 bits per heavy atom. The minimum absolute atomic E-state index is 0.117. The van der Waals surface area contributed by atoms with E-state index in [2.05, 4.69) is 32.7 Å². The highest BCUT2D eigenvalue weighted by molar-refractivity contribution is 7.09. The molecule has 2 aliphatic rings. The molecule has 0 radical (unpaired) electrons. The van der Waals surface area contributed by atoms with Crippen molar-refractivity contribution < 1.29 is 9.59 Å². The van der Waals surface area contributed by atoms with Gasteiger partial charge in [-0.2, -0.15) is 0 Å². The third-order valence-corrected chi connectivity index (χ3v) is 7.73. The first-order chi connectivity index (χ1) is 16.2. The molecule has 0 bridgehead atoms. The third kappa shape index (κ3) is 6.19. The van der Waals surface area contributed by atoms with Gasteiger partial charge in [0.15, 0.2) is 0 Å². The van der Waals surface area contributed by atoms with Gasteiger partial charge >= 0.3 is 0 Å². The van der Waals surface area contributed by atoms with Gasteiger partial charge in [-0.05, 0) is 48.8 Å². The lowest BCUT2D eigenvalue weighted by Gasteiger charge is -2.33. The fourth-order valence-corrected chi connectivity index (χ4v) is 5.90. The van der Waals surface area contributed by atoms with Gasteiger partial charge < -0.3 is 16.0 Å². The topological polar surface area (TPSA) is 91.6 Å². The summed E-state index contributed by atoms with van der Waals surface area (Å²) in [5.74, 6) is 0.437. The summed E-state index contributed by atoms with van der Waals surface area (Å²) in [6, 6.07) is 7.45. The Labute approximate surface area is 200 Å². The molecule has 8 heteroatoms. The molecule has 0 aromatic carbocycles. The van der Waals surface area contributed by atoms with E-state index in [0.29, 0.717) is 37.5 Å². The van der Waals surface area contributed by atoms with E-state index in [1.165, 1.54) is 37.0 Å². The van der Waals surface area contributed by atoms with Gasteiger partial charge in [-0.15, -0.1) is 11.3 Å². The average molecular weight is 470 g/mol. The molecule has 1 aliphatic heterocycles. The number of nitrogens with one attached hydrogen (secondary N) is 1. The van der Waals surface area contributed by atoms with Crippen molar-refractivity contribution in [2.75, 3.05) is 26.2 Å². The fraction of sp³-hybridized carbons (Fsp3) is 0.560. The molecule has 1 saturated carbocycles. The first-order valence-electron chi connectivity index (χ1n) is 12.1. The molecule has 33 heavy (non-hydrogen) atoms. The minimum Gasteiger partial charge on any atom is -0.353 e. The van der Waals surface area contributed by atoms with Crippen LogP contribution in [0.3, 0.4) is 0 Å². The largest absolute Gasteiger partial charge is 0.353 e. The van der Waals surface area contributed by atoms with Crippen LogP contribution in [-0.4, -0.2) is 64.9 Å². The summed E-state index contributed by atoms with van der Waals surface area (Å²) in [6.45, 7) is 3.23. The van der Waals surface area contributed by atoms with Crippen LogP contribution in [0.15, 0.2) is 42.0 Å². The highest BCUT2D eigenvalue weighted by Crippen LogP contribution is 2.30. The third-order valence-electron chi connectivity index (χ3n) is 6.87. The average Bonchev–Trinajstić information content (AvgIpc) is 3.53. The van der Waals surface area contributed by atoms with Crippen molar-refractivity contribution in [1.29, 1.82) is 0 Å². The second-order valence-electron chi connectivity index (χ2n) is 9.20. The lowest BCUT2D eigenvalue weighted by molar-refractivity contribution is -0.124. The van der Waals surface area contributed by atoms with E-state index in [0.717, 1.165) is 13.1 Å². The van der Waals surface area contributed by atoms with E-state index < -0.39 is 6.04 Å². The molecule has 178 valence electrons. The minimum atomic E-state index is -0.494. The molecule has 1 aliphatic carbocycles. The molecule has 2 unspecified atom stereocenters. The number of carbonyl (C=O) groups excluding carboxylic acids is 2. The maximum Gasteiger partial charge on any atom is 0.256 e. The Morgan fingerprint density at radius 3 is 2.76 bits per heavy atom. The van der Waals surface area contributed by atoms with Gasteiger partial charge in [0.1, 0.15) is 6.04 Å². The van der Waals surface area contributed by atoms with Crippen LogP contribution in [0.1, 0.15) is 53.8 Å². The number of amides is 2. The Morgan fingerprint density at radius 1 is 1.21 bits per heavy atom. The van der Waals surface area contributed by atoms with Crippen LogP contribution >= 0.6 is 11.3 Å². The van der Waals surface area contributed by atoms with Crippen LogP contribution in [0.2, 0.25) is 0 Å². The first-order valence-corrected chi connectivity index (χ1v) is 13.0. The lowest BCUT2D eigenvalue weighted by atomic mass is 9.88. The predicted octanol–water partition coefficient (Wildman–Crippen LogP) is 2.88. The number of rotatable bonds is 9. The zero-order valence-corrected chi connectivity index (χ0v) is 20.0. The van der Waals surface area contributed by atoms with Gasteiger partial charge in [-0.3, -0.25) is 19.5 Å². The van der Waals surface area contributed by atoms with E-state index in [-0.39, 0.29) is 17.9 Å². The summed E-state index contributed by atoms with van der Waals surface area (Å²) >= 11 is 1.77. The smallest absolute Gasteiger partial charge is 0.256 e. The molecule has 1 saturated heterocycles. The zero-order valence-electron chi connectivity index (χ0n) is 19.2. The lowest BCUT2D eigenvalue weighted by Crippen LogP contribution is -2.47. The van der Waals surface area contributed by atoms with E-state index in [9.17, 15) is 9.59 Å². The van der Waals surface area contributed by atoms with Crippen molar-refractivity contribution in [3.63, 3.8) is 0 Å². The van der Waals surface area contributed by atoms with Crippen molar-refractivity contribution >= 4 is 23.2 Å². The van der Waals surface area contributed by atoms with Gasteiger partial charge in [-0.25, -0.2) is 0 Å². The van der Waals surface area contributed by atoms with Crippen LogP contribution in [-0.2, 0) is 11.3 Å². The monoisotopic (exact) mass is 469 g/mol. The van der Waals surface area contributed by atoms with Crippen LogP contribution in [0.25, 0.3) is 0 Å². The number of nitrogens with zero attached hydrogens (tertiary/aromatic N) is 3. The Kier molecular flexibility index (Phi) is 8.47. The van der Waals surface area contributed by atoms with E-state index in [1.54, 1.807) is 40.8 Å². The van der Waals surface area contributed by atoms with Gasteiger partial charge in [0.2, 0.25) is 5.91 Å². The molecular formula is C25H35N5O2S. The van der Waals surface area contributed by atoms with Crippen molar-refractivity contribution in [3.05, 3.63) is 52.5 Å². The predicted molar refractivity (Wildman–Crippen MR) is 131 cm³/mol. The highest BCUT2D eigenvalue weighted by atomic mass is 32.1. The SMILES string of the molecule is NCCNC(=O)C1CC(N(Cc2cccs2)CC2CCCCC2)CN1C(=O)c1cccnc1. The van der Waals surface area contributed by atoms with E-state index >= 15 is 0 Å². The number of hydrogen-bond acceptors (Lipinski definition) is 6. The maximum absolute atomic E-state index is 13.4. The Balaban J connectivity index is 1.55. The fourth-order valence-electron chi connectivity index (χ4n) is 5.17. The molecule has 4 rings (SSSR count). The molecule has 7 nitrogen and oxygen atoms in total. The number of hydrogen-bond donors (Lipinski definition) is 2. The van der Waals surface area contributed by atoms with Crippen molar-refractivity contribution in [2.45, 2.75) is 57.2 Å². The molecule has 2 aromatic rings. The summed E-state index contributed by atoms with van der Waals surface area (Å²) in [5.41, 5.74) is 6.13. The number of thiophene rings is 1. The quantitative estimate of drug-likeness (QED) is 0.589. The summed E-state index contributed by atoms with van der Waals surface area (Å²) in [7, 11) is 0. The van der Waals surface area contributed by atoms with Gasteiger partial charge in [0, 0.05) is 56.0 Å². The molecule has 2 aromatic heterocycles. The number of pyridine rings is 1. The second kappa shape index (κ2) is 11.7. The van der Waals surface area contributed by atoms with Gasteiger partial charge in [-0.1, -0.05) is 25.3 Å². The molecule has 2 amide bonds. The van der Waals surface area contributed by atoms with Gasteiger partial charge in [0.25, 0.3) is 5.91 Å². The molecule has 2 fully saturated rings. The second-order valence-corrected chi connectivity index (χ2v) is 10.2. The van der Waals surface area contributed by atoms with Gasteiger partial charge in [0.05, 0.1) is 5.56 Å². The number of likely N-dealkylation sites (tertiary alicyclic amines) is 1. The maximum atomic E-state index is 13.4. The van der Waals surface area contributed by atoms with Crippen molar-refractivity contribution in [1.82, 2.24) is 20.1 Å². The summed E-state index contributed by atoms with van der Waals surface area (Å²) in [4.78, 5) is 36.1. The van der Waals surface area contributed by atoms with E-state index in [4.69, 9.17) is 5.73 Å². The highest BCUT2D eigenvalue weighted by Gasteiger charge is 2.42.